The van der Waals surface area contributed by atoms with Crippen LogP contribution < -0.4 is 5.32 Å². The van der Waals surface area contributed by atoms with Crippen LogP contribution in [0.1, 0.15) is 39.0 Å². The van der Waals surface area contributed by atoms with Crippen molar-refractivity contribution in [1.82, 2.24) is 10.2 Å². The van der Waals surface area contributed by atoms with Crippen LogP contribution in [0.4, 0.5) is 0 Å². The molecule has 0 radical (unpaired) electrons. The molecular weight excluding hydrogens is 200 g/mol. The van der Waals surface area contributed by atoms with Crippen molar-refractivity contribution in [3.8, 4) is 0 Å². The number of nitrogens with zero attached hydrogens (tertiary/aromatic N) is 1. The van der Waals surface area contributed by atoms with Crippen molar-refractivity contribution in [3.63, 3.8) is 0 Å². The van der Waals surface area contributed by atoms with Gasteiger partial charge in [-0.15, -0.1) is 0 Å². The van der Waals surface area contributed by atoms with Gasteiger partial charge in [0.1, 0.15) is 0 Å². The molecule has 0 saturated carbocycles. The van der Waals surface area contributed by atoms with Gasteiger partial charge in [-0.25, -0.2) is 0 Å². The second-order valence-corrected chi connectivity index (χ2v) is 5.38. The van der Waals surface area contributed by atoms with E-state index >= 15 is 0 Å². The van der Waals surface area contributed by atoms with Crippen LogP contribution in [0.5, 0.6) is 0 Å². The molecule has 2 heterocycles. The Kier molecular flexibility index (Phi) is 4.62. The van der Waals surface area contributed by atoms with Gasteiger partial charge in [0, 0.05) is 19.1 Å². The van der Waals surface area contributed by atoms with Gasteiger partial charge < -0.3 is 10.4 Å². The molecule has 0 aromatic carbocycles. The van der Waals surface area contributed by atoms with E-state index in [0.29, 0.717) is 5.92 Å². The first-order valence-corrected chi connectivity index (χ1v) is 6.94. The summed E-state index contributed by atoms with van der Waals surface area (Å²) in [5.41, 5.74) is 0. The van der Waals surface area contributed by atoms with E-state index in [1.165, 1.54) is 38.8 Å². The number of hydrogen-bond acceptors (Lipinski definition) is 3. The van der Waals surface area contributed by atoms with E-state index in [2.05, 4.69) is 17.1 Å². The summed E-state index contributed by atoms with van der Waals surface area (Å²) in [6.07, 6.45) is 5.89. The van der Waals surface area contributed by atoms with Crippen molar-refractivity contribution in [3.05, 3.63) is 0 Å². The Bertz CT molecular complexity index is 204. The topological polar surface area (TPSA) is 35.5 Å². The SMILES string of the molecule is CCCC1CN(C2CCNCC2)CCC1O. The lowest BCUT2D eigenvalue weighted by molar-refractivity contribution is 0.000682. The zero-order valence-electron chi connectivity index (χ0n) is 10.5. The van der Waals surface area contributed by atoms with E-state index in [-0.39, 0.29) is 6.10 Å². The number of rotatable bonds is 3. The molecule has 2 unspecified atom stereocenters. The third-order valence-corrected chi connectivity index (χ3v) is 4.21. The van der Waals surface area contributed by atoms with Crippen molar-refractivity contribution < 1.29 is 5.11 Å². The first-order chi connectivity index (χ1) is 7.81. The highest BCUT2D eigenvalue weighted by molar-refractivity contribution is 4.85. The standard InChI is InChI=1S/C13H26N2O/c1-2-3-11-10-15(9-6-13(11)16)12-4-7-14-8-5-12/h11-14,16H,2-10H2,1H3. The molecule has 2 fully saturated rings. The number of hydrogen-bond donors (Lipinski definition) is 2. The molecule has 2 aliphatic rings. The van der Waals surface area contributed by atoms with Gasteiger partial charge in [-0.2, -0.15) is 0 Å². The molecule has 0 amide bonds. The molecular formula is C13H26N2O. The lowest BCUT2D eigenvalue weighted by Crippen LogP contribution is -2.50. The number of aliphatic hydroxyl groups is 1. The van der Waals surface area contributed by atoms with E-state index < -0.39 is 0 Å². The van der Waals surface area contributed by atoms with E-state index in [0.717, 1.165) is 25.6 Å². The normalized spacial score (nSPS) is 34.1. The Balaban J connectivity index is 1.86. The van der Waals surface area contributed by atoms with Crippen LogP contribution in [0.15, 0.2) is 0 Å². The minimum absolute atomic E-state index is 0.0436. The lowest BCUT2D eigenvalue weighted by Gasteiger charge is -2.42. The van der Waals surface area contributed by atoms with Crippen LogP contribution in [-0.2, 0) is 0 Å². The van der Waals surface area contributed by atoms with E-state index in [1.807, 2.05) is 0 Å². The van der Waals surface area contributed by atoms with Gasteiger partial charge >= 0.3 is 0 Å². The third kappa shape index (κ3) is 2.96. The molecule has 2 N–H and O–H groups in total. The summed E-state index contributed by atoms with van der Waals surface area (Å²) >= 11 is 0. The predicted octanol–water partition coefficient (Wildman–Crippen LogP) is 1.22. The largest absolute Gasteiger partial charge is 0.393 e. The first kappa shape index (κ1) is 12.3. The Morgan fingerprint density at radius 3 is 2.69 bits per heavy atom. The Morgan fingerprint density at radius 2 is 2.00 bits per heavy atom. The van der Waals surface area contributed by atoms with E-state index in [4.69, 9.17) is 0 Å². The van der Waals surface area contributed by atoms with Gasteiger partial charge in [0.2, 0.25) is 0 Å². The maximum atomic E-state index is 9.98. The Labute approximate surface area is 99.2 Å². The number of piperidine rings is 2. The van der Waals surface area contributed by atoms with Crippen LogP contribution >= 0.6 is 0 Å². The number of likely N-dealkylation sites (tertiary alicyclic amines) is 1. The minimum Gasteiger partial charge on any atom is -0.393 e. The Morgan fingerprint density at radius 1 is 1.25 bits per heavy atom. The molecule has 3 heteroatoms. The maximum absolute atomic E-state index is 9.98. The predicted molar refractivity (Wildman–Crippen MR) is 66.5 cm³/mol. The Hall–Kier alpha value is -0.120. The molecule has 0 aromatic heterocycles. The highest BCUT2D eigenvalue weighted by Crippen LogP contribution is 2.25. The second kappa shape index (κ2) is 5.99. The van der Waals surface area contributed by atoms with Gasteiger partial charge in [-0.05, 0) is 44.7 Å². The van der Waals surface area contributed by atoms with Gasteiger partial charge in [0.15, 0.2) is 0 Å². The van der Waals surface area contributed by atoms with Crippen LogP contribution in [0, 0.1) is 5.92 Å². The summed E-state index contributed by atoms with van der Waals surface area (Å²) in [7, 11) is 0. The summed E-state index contributed by atoms with van der Waals surface area (Å²) in [6, 6.07) is 0.771. The van der Waals surface area contributed by atoms with Crippen molar-refractivity contribution in [2.45, 2.75) is 51.2 Å². The minimum atomic E-state index is -0.0436. The van der Waals surface area contributed by atoms with Crippen LogP contribution in [0.2, 0.25) is 0 Å². The maximum Gasteiger partial charge on any atom is 0.0592 e. The molecule has 2 saturated heterocycles. The van der Waals surface area contributed by atoms with Crippen molar-refractivity contribution in [2.75, 3.05) is 26.2 Å². The molecule has 2 aliphatic heterocycles. The molecule has 3 nitrogen and oxygen atoms in total. The molecule has 0 aromatic rings. The highest BCUT2D eigenvalue weighted by atomic mass is 16.3. The molecule has 2 atom stereocenters. The third-order valence-electron chi connectivity index (χ3n) is 4.21. The lowest BCUT2D eigenvalue weighted by atomic mass is 9.89. The average Bonchev–Trinajstić information content (AvgIpc) is 2.33. The van der Waals surface area contributed by atoms with E-state index in [9.17, 15) is 5.11 Å². The van der Waals surface area contributed by atoms with Crippen LogP contribution in [0.25, 0.3) is 0 Å². The fraction of sp³-hybridized carbons (Fsp3) is 1.00. The summed E-state index contributed by atoms with van der Waals surface area (Å²) in [4.78, 5) is 2.63. The molecule has 94 valence electrons. The first-order valence-electron chi connectivity index (χ1n) is 6.94. The van der Waals surface area contributed by atoms with Crippen molar-refractivity contribution in [1.29, 1.82) is 0 Å². The fourth-order valence-corrected chi connectivity index (χ4v) is 3.21. The smallest absolute Gasteiger partial charge is 0.0592 e. The van der Waals surface area contributed by atoms with E-state index in [1.54, 1.807) is 0 Å². The van der Waals surface area contributed by atoms with Crippen molar-refractivity contribution in [2.24, 2.45) is 5.92 Å². The zero-order valence-corrected chi connectivity index (χ0v) is 10.5. The molecule has 0 aliphatic carbocycles. The van der Waals surface area contributed by atoms with Gasteiger partial charge in [0.25, 0.3) is 0 Å². The fourth-order valence-electron chi connectivity index (χ4n) is 3.21. The molecule has 0 bridgehead atoms. The molecule has 0 spiro atoms. The van der Waals surface area contributed by atoms with Gasteiger partial charge in [-0.3, -0.25) is 4.90 Å². The monoisotopic (exact) mass is 226 g/mol. The number of aliphatic hydroxyl groups excluding tert-OH is 1. The second-order valence-electron chi connectivity index (χ2n) is 5.38. The summed E-state index contributed by atoms with van der Waals surface area (Å²) in [5, 5.41) is 13.4. The average molecular weight is 226 g/mol. The summed E-state index contributed by atoms with van der Waals surface area (Å²) in [5.74, 6) is 0.522. The summed E-state index contributed by atoms with van der Waals surface area (Å²) in [6.45, 7) is 6.78. The van der Waals surface area contributed by atoms with Gasteiger partial charge in [-0.1, -0.05) is 13.3 Å². The zero-order chi connectivity index (χ0) is 11.4. The van der Waals surface area contributed by atoms with Crippen LogP contribution in [0.3, 0.4) is 0 Å². The van der Waals surface area contributed by atoms with Crippen LogP contribution in [-0.4, -0.2) is 48.3 Å². The summed E-state index contributed by atoms with van der Waals surface area (Å²) < 4.78 is 0. The molecule has 2 rings (SSSR count). The van der Waals surface area contributed by atoms with Gasteiger partial charge in [0.05, 0.1) is 6.10 Å². The number of nitrogens with one attached hydrogen (secondary N) is 1. The molecule has 16 heavy (non-hydrogen) atoms. The quantitative estimate of drug-likeness (QED) is 0.759. The highest BCUT2D eigenvalue weighted by Gasteiger charge is 2.31. The van der Waals surface area contributed by atoms with Crippen molar-refractivity contribution >= 4 is 0 Å².